The van der Waals surface area contributed by atoms with Crippen molar-refractivity contribution in [1.29, 1.82) is 0 Å². The van der Waals surface area contributed by atoms with E-state index in [2.05, 4.69) is 34.3 Å². The zero-order valence-electron chi connectivity index (χ0n) is 15.7. The summed E-state index contributed by atoms with van der Waals surface area (Å²) in [5, 5.41) is 11.1. The van der Waals surface area contributed by atoms with Gasteiger partial charge in [0.15, 0.2) is 0 Å². The van der Waals surface area contributed by atoms with Crippen molar-refractivity contribution >= 4 is 22.9 Å². The molecule has 3 rings (SSSR count). The highest BCUT2D eigenvalue weighted by Crippen LogP contribution is 2.27. The zero-order valence-corrected chi connectivity index (χ0v) is 15.7. The van der Waals surface area contributed by atoms with Gasteiger partial charge in [0, 0.05) is 36.1 Å². The largest absolute Gasteiger partial charge is 0.386 e. The fourth-order valence-corrected chi connectivity index (χ4v) is 3.70. The SMILES string of the molecule is CC(C)(O)/C=C/c1ccc2[nH]cc(C[C@H]3CCCN3CCC(N)=O)c2c1. The molecule has 1 aromatic carbocycles. The molecule has 1 atom stereocenters. The Bertz CT molecular complexity index is 801. The third kappa shape index (κ3) is 4.74. The fourth-order valence-electron chi connectivity index (χ4n) is 3.70. The molecule has 1 fully saturated rings. The number of nitrogens with zero attached hydrogens (tertiary/aromatic N) is 1. The number of nitrogens with one attached hydrogen (secondary N) is 1. The summed E-state index contributed by atoms with van der Waals surface area (Å²) in [6.45, 7) is 5.33. The molecule has 5 nitrogen and oxygen atoms in total. The summed E-state index contributed by atoms with van der Waals surface area (Å²) < 4.78 is 0. The molecule has 140 valence electrons. The third-order valence-corrected chi connectivity index (χ3v) is 5.08. The van der Waals surface area contributed by atoms with Crippen LogP contribution in [0.4, 0.5) is 0 Å². The first-order valence-corrected chi connectivity index (χ1v) is 9.36. The lowest BCUT2D eigenvalue weighted by Gasteiger charge is -2.23. The summed E-state index contributed by atoms with van der Waals surface area (Å²) in [7, 11) is 0. The zero-order chi connectivity index (χ0) is 18.7. The lowest BCUT2D eigenvalue weighted by molar-refractivity contribution is -0.118. The van der Waals surface area contributed by atoms with Crippen molar-refractivity contribution in [2.45, 2.75) is 51.2 Å². The number of likely N-dealkylation sites (tertiary alicyclic amines) is 1. The van der Waals surface area contributed by atoms with Gasteiger partial charge in [-0.05, 0) is 62.9 Å². The first-order valence-electron chi connectivity index (χ1n) is 9.36. The molecule has 5 heteroatoms. The van der Waals surface area contributed by atoms with E-state index in [-0.39, 0.29) is 5.91 Å². The van der Waals surface area contributed by atoms with Crippen LogP contribution in [0.1, 0.15) is 44.2 Å². The van der Waals surface area contributed by atoms with Gasteiger partial charge < -0.3 is 15.8 Å². The highest BCUT2D eigenvalue weighted by atomic mass is 16.3. The van der Waals surface area contributed by atoms with Crippen LogP contribution in [0.5, 0.6) is 0 Å². The van der Waals surface area contributed by atoms with Gasteiger partial charge in [0.1, 0.15) is 0 Å². The van der Waals surface area contributed by atoms with Gasteiger partial charge in [-0.3, -0.25) is 9.69 Å². The number of H-pyrrole nitrogens is 1. The Labute approximate surface area is 154 Å². The standard InChI is InChI=1S/C21H29N3O2/c1-21(2,26)9-7-15-5-6-19-18(12-15)16(14-23-19)13-17-4-3-10-24(17)11-8-20(22)25/h5-7,9,12,14,17,23,26H,3-4,8,10-11,13H2,1-2H3,(H2,22,25)/b9-7+/t17-/m1/s1. The summed E-state index contributed by atoms with van der Waals surface area (Å²) >= 11 is 0. The lowest BCUT2D eigenvalue weighted by Crippen LogP contribution is -2.33. The average molecular weight is 355 g/mol. The van der Waals surface area contributed by atoms with Gasteiger partial charge in [-0.15, -0.1) is 0 Å². The molecular weight excluding hydrogens is 326 g/mol. The van der Waals surface area contributed by atoms with Crippen LogP contribution in [0.15, 0.2) is 30.5 Å². The molecule has 1 aliphatic heterocycles. The Morgan fingerprint density at radius 2 is 2.27 bits per heavy atom. The molecule has 1 saturated heterocycles. The van der Waals surface area contributed by atoms with E-state index in [0.717, 1.165) is 37.0 Å². The minimum absolute atomic E-state index is 0.231. The third-order valence-electron chi connectivity index (χ3n) is 5.08. The van der Waals surface area contributed by atoms with Crippen molar-refractivity contribution in [3.05, 3.63) is 41.6 Å². The van der Waals surface area contributed by atoms with Crippen molar-refractivity contribution in [2.75, 3.05) is 13.1 Å². The van der Waals surface area contributed by atoms with Crippen molar-refractivity contribution in [3.8, 4) is 0 Å². The van der Waals surface area contributed by atoms with Gasteiger partial charge in [-0.2, -0.15) is 0 Å². The topological polar surface area (TPSA) is 82.3 Å². The molecule has 1 amide bonds. The van der Waals surface area contributed by atoms with Gasteiger partial charge in [0.25, 0.3) is 0 Å². The molecule has 0 bridgehead atoms. The van der Waals surface area contributed by atoms with Gasteiger partial charge in [0.2, 0.25) is 5.91 Å². The number of rotatable bonds is 7. The summed E-state index contributed by atoms with van der Waals surface area (Å²) in [5.74, 6) is -0.231. The van der Waals surface area contributed by atoms with E-state index in [1.165, 1.54) is 17.4 Å². The number of benzene rings is 1. The number of carbonyl (C=O) groups is 1. The van der Waals surface area contributed by atoms with Crippen molar-refractivity contribution < 1.29 is 9.90 Å². The Morgan fingerprint density at radius 1 is 1.46 bits per heavy atom. The highest BCUT2D eigenvalue weighted by Gasteiger charge is 2.25. The summed E-state index contributed by atoms with van der Waals surface area (Å²) in [6, 6.07) is 6.78. The number of nitrogens with two attached hydrogens (primary N) is 1. The van der Waals surface area contributed by atoms with Crippen LogP contribution in [0.2, 0.25) is 0 Å². The van der Waals surface area contributed by atoms with Crippen LogP contribution in [-0.4, -0.2) is 45.6 Å². The minimum atomic E-state index is -0.819. The number of aromatic nitrogens is 1. The van der Waals surface area contributed by atoms with E-state index < -0.39 is 5.60 Å². The van der Waals surface area contributed by atoms with Crippen LogP contribution >= 0.6 is 0 Å². The second kappa shape index (κ2) is 7.64. The van der Waals surface area contributed by atoms with E-state index in [0.29, 0.717) is 12.5 Å². The van der Waals surface area contributed by atoms with E-state index in [4.69, 9.17) is 5.73 Å². The number of aliphatic hydroxyl groups is 1. The molecule has 0 radical (unpaired) electrons. The number of aromatic amines is 1. The van der Waals surface area contributed by atoms with E-state index in [1.807, 2.05) is 12.2 Å². The number of hydrogen-bond acceptors (Lipinski definition) is 3. The Balaban J connectivity index is 1.77. The Hall–Kier alpha value is -2.11. The maximum absolute atomic E-state index is 11.1. The first kappa shape index (κ1) is 18.7. The molecule has 0 spiro atoms. The number of amides is 1. The Morgan fingerprint density at radius 3 is 3.00 bits per heavy atom. The average Bonchev–Trinajstić information content (AvgIpc) is 3.18. The van der Waals surface area contributed by atoms with E-state index >= 15 is 0 Å². The van der Waals surface area contributed by atoms with Gasteiger partial charge in [-0.1, -0.05) is 18.2 Å². The lowest BCUT2D eigenvalue weighted by atomic mass is 10.0. The highest BCUT2D eigenvalue weighted by molar-refractivity contribution is 5.85. The van der Waals surface area contributed by atoms with Crippen LogP contribution in [0, 0.1) is 0 Å². The second-order valence-electron chi connectivity index (χ2n) is 7.86. The van der Waals surface area contributed by atoms with Gasteiger partial charge >= 0.3 is 0 Å². The number of hydrogen-bond donors (Lipinski definition) is 3. The van der Waals surface area contributed by atoms with Crippen LogP contribution in [-0.2, 0) is 11.2 Å². The quantitative estimate of drug-likeness (QED) is 0.714. The second-order valence-corrected chi connectivity index (χ2v) is 7.86. The molecular formula is C21H29N3O2. The normalized spacial score (nSPS) is 19.0. The fraction of sp³-hybridized carbons (Fsp3) is 0.476. The van der Waals surface area contributed by atoms with Crippen LogP contribution in [0.25, 0.3) is 17.0 Å². The summed E-state index contributed by atoms with van der Waals surface area (Å²) in [4.78, 5) is 16.8. The number of primary amides is 1. The molecule has 0 aliphatic carbocycles. The predicted octanol–water partition coefficient (Wildman–Crippen LogP) is 2.83. The molecule has 0 saturated carbocycles. The molecule has 26 heavy (non-hydrogen) atoms. The minimum Gasteiger partial charge on any atom is -0.386 e. The van der Waals surface area contributed by atoms with Gasteiger partial charge in [0.05, 0.1) is 5.60 Å². The van der Waals surface area contributed by atoms with Crippen molar-refractivity contribution in [2.24, 2.45) is 5.73 Å². The maximum Gasteiger partial charge on any atom is 0.218 e. The van der Waals surface area contributed by atoms with E-state index in [9.17, 15) is 9.90 Å². The van der Waals surface area contributed by atoms with E-state index in [1.54, 1.807) is 13.8 Å². The summed E-state index contributed by atoms with van der Waals surface area (Å²) in [6.07, 6.45) is 9.59. The predicted molar refractivity (Wildman–Crippen MR) is 106 cm³/mol. The smallest absolute Gasteiger partial charge is 0.218 e. The Kier molecular flexibility index (Phi) is 5.49. The molecule has 2 aromatic rings. The maximum atomic E-state index is 11.1. The van der Waals surface area contributed by atoms with Crippen molar-refractivity contribution in [3.63, 3.8) is 0 Å². The monoisotopic (exact) mass is 355 g/mol. The number of fused-ring (bicyclic) bond motifs is 1. The molecule has 4 N–H and O–H groups in total. The summed E-state index contributed by atoms with van der Waals surface area (Å²) in [5.41, 5.74) is 8.00. The molecule has 0 unspecified atom stereocenters. The first-order chi connectivity index (χ1) is 12.3. The van der Waals surface area contributed by atoms with Crippen LogP contribution < -0.4 is 5.73 Å². The molecule has 1 aliphatic rings. The number of carbonyl (C=O) groups excluding carboxylic acids is 1. The van der Waals surface area contributed by atoms with Gasteiger partial charge in [-0.25, -0.2) is 0 Å². The molecule has 1 aromatic heterocycles. The van der Waals surface area contributed by atoms with Crippen molar-refractivity contribution in [1.82, 2.24) is 9.88 Å². The molecule has 2 heterocycles. The van der Waals surface area contributed by atoms with Crippen LogP contribution in [0.3, 0.4) is 0 Å².